The number of hydrogen-bond acceptors (Lipinski definition) is 5. The third kappa shape index (κ3) is 1.23. The Kier molecular flexibility index (Phi) is 2.09. The van der Waals surface area contributed by atoms with Crippen molar-refractivity contribution >= 4 is 39.7 Å². The topological polar surface area (TPSA) is 63.4 Å². The molecule has 0 spiro atoms. The second-order valence-electron chi connectivity index (χ2n) is 2.68. The molecule has 2 rings (SSSR count). The molecule has 0 saturated carbocycles. The molecule has 1 aromatic heterocycles. The number of thiol groups is 1. The van der Waals surface area contributed by atoms with Crippen LogP contribution >= 0.6 is 24.0 Å². The summed E-state index contributed by atoms with van der Waals surface area (Å²) in [7, 11) is 0. The van der Waals surface area contributed by atoms with Gasteiger partial charge in [-0.3, -0.25) is 10.1 Å². The second kappa shape index (κ2) is 3.14. The third-order valence-corrected chi connectivity index (χ3v) is 3.34. The molecule has 0 saturated heterocycles. The standard InChI is InChI=1S/C8H5NO3S2/c10-8-4(9(11)12)1-2-6-7(8)5(13)3-14-6/h1-3,10,13H. The van der Waals surface area contributed by atoms with Crippen LogP contribution in [0.15, 0.2) is 22.4 Å². The van der Waals surface area contributed by atoms with Gasteiger partial charge < -0.3 is 5.11 Å². The molecule has 0 aliphatic carbocycles. The number of thiophene rings is 1. The second-order valence-corrected chi connectivity index (χ2v) is 4.08. The predicted octanol–water partition coefficient (Wildman–Crippen LogP) is 2.80. The lowest BCUT2D eigenvalue weighted by atomic mass is 10.2. The number of nitro groups is 1. The summed E-state index contributed by atoms with van der Waals surface area (Å²) in [5.41, 5.74) is -0.286. The van der Waals surface area contributed by atoms with Crippen LogP contribution in [0.4, 0.5) is 5.69 Å². The molecule has 0 aliphatic rings. The minimum atomic E-state index is -0.611. The van der Waals surface area contributed by atoms with E-state index >= 15 is 0 Å². The summed E-state index contributed by atoms with van der Waals surface area (Å²) in [6.07, 6.45) is 0. The van der Waals surface area contributed by atoms with Crippen LogP contribution in [-0.2, 0) is 0 Å². The van der Waals surface area contributed by atoms with Crippen molar-refractivity contribution in [3.63, 3.8) is 0 Å². The van der Waals surface area contributed by atoms with Crippen molar-refractivity contribution in [1.29, 1.82) is 0 Å². The van der Waals surface area contributed by atoms with Crippen LogP contribution in [0.1, 0.15) is 0 Å². The van der Waals surface area contributed by atoms with Gasteiger partial charge in [-0.05, 0) is 6.07 Å². The molecule has 0 radical (unpaired) electrons. The van der Waals surface area contributed by atoms with Gasteiger partial charge in [-0.2, -0.15) is 0 Å². The zero-order chi connectivity index (χ0) is 10.3. The quantitative estimate of drug-likeness (QED) is 0.447. The summed E-state index contributed by atoms with van der Waals surface area (Å²) in [6, 6.07) is 2.90. The van der Waals surface area contributed by atoms with E-state index in [2.05, 4.69) is 12.6 Å². The Morgan fingerprint density at radius 1 is 1.50 bits per heavy atom. The van der Waals surface area contributed by atoms with Crippen LogP contribution in [0.5, 0.6) is 5.75 Å². The van der Waals surface area contributed by atoms with E-state index < -0.39 is 4.92 Å². The van der Waals surface area contributed by atoms with Crippen LogP contribution in [0.2, 0.25) is 0 Å². The first-order valence-electron chi connectivity index (χ1n) is 3.68. The van der Waals surface area contributed by atoms with E-state index in [0.29, 0.717) is 10.3 Å². The van der Waals surface area contributed by atoms with Crippen LogP contribution in [0.3, 0.4) is 0 Å². The Morgan fingerprint density at radius 2 is 2.21 bits per heavy atom. The molecule has 0 bridgehead atoms. The first-order valence-corrected chi connectivity index (χ1v) is 5.00. The summed E-state index contributed by atoms with van der Waals surface area (Å²) in [6.45, 7) is 0. The fourth-order valence-corrected chi connectivity index (χ4v) is 2.52. The maximum absolute atomic E-state index is 10.5. The van der Waals surface area contributed by atoms with Crippen LogP contribution in [0.25, 0.3) is 10.1 Å². The molecular weight excluding hydrogens is 222 g/mol. The Balaban J connectivity index is 2.86. The Labute approximate surface area is 88.4 Å². The Bertz CT molecular complexity index is 521. The summed E-state index contributed by atoms with van der Waals surface area (Å²) < 4.78 is 0.790. The van der Waals surface area contributed by atoms with E-state index in [-0.39, 0.29) is 11.4 Å². The van der Waals surface area contributed by atoms with E-state index in [1.165, 1.54) is 17.4 Å². The first kappa shape index (κ1) is 9.29. The molecule has 72 valence electrons. The van der Waals surface area contributed by atoms with Crippen molar-refractivity contribution in [3.05, 3.63) is 27.6 Å². The third-order valence-electron chi connectivity index (χ3n) is 1.87. The molecule has 0 amide bonds. The molecule has 1 aromatic carbocycles. The van der Waals surface area contributed by atoms with Gasteiger partial charge in [-0.25, -0.2) is 0 Å². The number of fused-ring (bicyclic) bond motifs is 1. The molecule has 6 heteroatoms. The van der Waals surface area contributed by atoms with Gasteiger partial charge in [-0.1, -0.05) is 0 Å². The number of phenols is 1. The summed E-state index contributed by atoms with van der Waals surface area (Å²) >= 11 is 5.50. The average Bonchev–Trinajstić information content (AvgIpc) is 2.48. The maximum atomic E-state index is 10.5. The van der Waals surface area contributed by atoms with Gasteiger partial charge in [-0.15, -0.1) is 24.0 Å². The van der Waals surface area contributed by atoms with Gasteiger partial charge in [0.15, 0.2) is 0 Å². The van der Waals surface area contributed by atoms with Crippen molar-refractivity contribution in [2.24, 2.45) is 0 Å². The molecule has 4 nitrogen and oxygen atoms in total. The van der Waals surface area contributed by atoms with Crippen molar-refractivity contribution in [3.8, 4) is 5.75 Å². The van der Waals surface area contributed by atoms with Gasteiger partial charge in [0, 0.05) is 21.0 Å². The highest BCUT2D eigenvalue weighted by atomic mass is 32.1. The highest BCUT2D eigenvalue weighted by molar-refractivity contribution is 7.80. The summed E-state index contributed by atoms with van der Waals surface area (Å²) in [5, 5.41) is 22.3. The van der Waals surface area contributed by atoms with Crippen molar-refractivity contribution in [2.45, 2.75) is 4.90 Å². The minimum absolute atomic E-state index is 0.286. The number of nitrogens with zero attached hydrogens (tertiary/aromatic N) is 1. The van der Waals surface area contributed by atoms with Gasteiger partial charge in [0.2, 0.25) is 5.75 Å². The van der Waals surface area contributed by atoms with E-state index in [0.717, 1.165) is 4.70 Å². The molecule has 0 aliphatic heterocycles. The van der Waals surface area contributed by atoms with E-state index in [9.17, 15) is 15.2 Å². The highest BCUT2D eigenvalue weighted by Crippen LogP contribution is 2.40. The molecule has 0 fully saturated rings. The highest BCUT2D eigenvalue weighted by Gasteiger charge is 2.18. The zero-order valence-electron chi connectivity index (χ0n) is 6.80. The van der Waals surface area contributed by atoms with E-state index in [1.807, 2.05) is 0 Å². The SMILES string of the molecule is O=[N+]([O-])c1ccc2scc(S)c2c1O. The molecule has 0 atom stereocenters. The fourth-order valence-electron chi connectivity index (χ4n) is 1.23. The minimum Gasteiger partial charge on any atom is -0.502 e. The molecule has 1 heterocycles. The fraction of sp³-hybridized carbons (Fsp3) is 0. The van der Waals surface area contributed by atoms with Crippen LogP contribution < -0.4 is 0 Å². The van der Waals surface area contributed by atoms with Gasteiger partial charge >= 0.3 is 5.69 Å². The summed E-state index contributed by atoms with van der Waals surface area (Å²) in [5.74, 6) is -0.307. The number of rotatable bonds is 1. The van der Waals surface area contributed by atoms with Gasteiger partial charge in [0.1, 0.15) is 0 Å². The summed E-state index contributed by atoms with van der Waals surface area (Å²) in [4.78, 5) is 10.5. The van der Waals surface area contributed by atoms with Gasteiger partial charge in [0.25, 0.3) is 0 Å². The predicted molar refractivity (Wildman–Crippen MR) is 57.4 cm³/mol. The van der Waals surface area contributed by atoms with E-state index in [1.54, 1.807) is 11.4 Å². The number of nitro benzene ring substituents is 1. The van der Waals surface area contributed by atoms with E-state index in [4.69, 9.17) is 0 Å². The average molecular weight is 227 g/mol. The molecule has 14 heavy (non-hydrogen) atoms. The molecule has 2 aromatic rings. The maximum Gasteiger partial charge on any atom is 0.311 e. The zero-order valence-corrected chi connectivity index (χ0v) is 8.51. The van der Waals surface area contributed by atoms with Crippen molar-refractivity contribution < 1.29 is 10.0 Å². The molecule has 1 N–H and O–H groups in total. The van der Waals surface area contributed by atoms with Crippen molar-refractivity contribution in [2.75, 3.05) is 0 Å². The number of benzene rings is 1. The Morgan fingerprint density at radius 3 is 2.86 bits per heavy atom. The lowest BCUT2D eigenvalue weighted by Crippen LogP contribution is -1.87. The number of phenolic OH excluding ortho intramolecular Hbond substituents is 1. The normalized spacial score (nSPS) is 10.6. The smallest absolute Gasteiger partial charge is 0.311 e. The molecule has 0 unspecified atom stereocenters. The van der Waals surface area contributed by atoms with Crippen LogP contribution in [-0.4, -0.2) is 10.0 Å². The lowest BCUT2D eigenvalue weighted by molar-refractivity contribution is -0.385. The monoisotopic (exact) mass is 227 g/mol. The van der Waals surface area contributed by atoms with Crippen LogP contribution in [0, 0.1) is 10.1 Å². The first-order chi connectivity index (χ1) is 6.61. The van der Waals surface area contributed by atoms with Gasteiger partial charge in [0.05, 0.1) is 10.3 Å². The van der Waals surface area contributed by atoms with Crippen molar-refractivity contribution in [1.82, 2.24) is 0 Å². The lowest BCUT2D eigenvalue weighted by Gasteiger charge is -1.97. The number of hydrogen-bond donors (Lipinski definition) is 2. The largest absolute Gasteiger partial charge is 0.502 e. The number of aromatic hydroxyl groups is 1. The Hall–Kier alpha value is -1.27. The molecular formula is C8H5NO3S2.